The number of anilines is 1. The molecule has 9 nitrogen and oxygen atoms in total. The molecule has 3 heterocycles. The number of aliphatic hydroxyl groups excluding tert-OH is 2. The van der Waals surface area contributed by atoms with Gasteiger partial charge in [-0.2, -0.15) is 9.61 Å². The molecule has 33 heavy (non-hydrogen) atoms. The molecule has 1 unspecified atom stereocenters. The number of rotatable bonds is 6. The Kier molecular flexibility index (Phi) is 6.08. The van der Waals surface area contributed by atoms with Crippen LogP contribution in [-0.2, 0) is 4.79 Å². The molecule has 3 aromatic heterocycles. The van der Waals surface area contributed by atoms with Crippen LogP contribution in [-0.4, -0.2) is 48.9 Å². The molecule has 1 aromatic carbocycles. The molecule has 4 rings (SSSR count). The van der Waals surface area contributed by atoms with Crippen LogP contribution in [0.25, 0.3) is 27.7 Å². The summed E-state index contributed by atoms with van der Waals surface area (Å²) >= 11 is 3.47. The number of nitrogen functional groups attached to an aromatic ring is 1. The maximum atomic E-state index is 12.6. The van der Waals surface area contributed by atoms with Gasteiger partial charge in [0, 0.05) is 22.7 Å². The number of fused-ring (bicyclic) bond motifs is 2. The predicted molar refractivity (Wildman–Crippen MR) is 129 cm³/mol. The van der Waals surface area contributed by atoms with Gasteiger partial charge in [0.15, 0.2) is 5.65 Å². The first-order valence-corrected chi connectivity index (χ1v) is 11.2. The van der Waals surface area contributed by atoms with Crippen LogP contribution < -0.4 is 11.1 Å². The van der Waals surface area contributed by atoms with Crippen LogP contribution in [0.2, 0.25) is 0 Å². The van der Waals surface area contributed by atoms with E-state index in [9.17, 15) is 15.0 Å². The Morgan fingerprint density at radius 2 is 2.00 bits per heavy atom. The number of aliphatic hydroxyl groups is 2. The van der Waals surface area contributed by atoms with Crippen LogP contribution in [0.15, 0.2) is 41.1 Å². The second-order valence-corrected chi connectivity index (χ2v) is 9.28. The van der Waals surface area contributed by atoms with Gasteiger partial charge in [0.1, 0.15) is 5.82 Å². The molecule has 172 valence electrons. The first-order valence-electron chi connectivity index (χ1n) is 10.4. The van der Waals surface area contributed by atoms with Crippen molar-refractivity contribution in [2.75, 3.05) is 18.9 Å². The molecule has 0 saturated carbocycles. The first-order chi connectivity index (χ1) is 15.7. The van der Waals surface area contributed by atoms with Crippen molar-refractivity contribution in [1.29, 1.82) is 0 Å². The van der Waals surface area contributed by atoms with E-state index in [1.807, 2.05) is 25.1 Å². The van der Waals surface area contributed by atoms with E-state index in [0.29, 0.717) is 21.6 Å². The SMILES string of the molecule is Cc1ccc2ncc(-c3cnn4c(N)c(Br)c(C(C)NC(=O)C(C)(CO)CO)nc34)cc2c1. The molecule has 1 amide bonds. The summed E-state index contributed by atoms with van der Waals surface area (Å²) in [5, 5.41) is 27.3. The van der Waals surface area contributed by atoms with Gasteiger partial charge in [-0.25, -0.2) is 4.98 Å². The van der Waals surface area contributed by atoms with Crippen LogP contribution in [0, 0.1) is 12.3 Å². The van der Waals surface area contributed by atoms with E-state index < -0.39 is 30.6 Å². The van der Waals surface area contributed by atoms with Gasteiger partial charge in [-0.05, 0) is 54.9 Å². The minimum Gasteiger partial charge on any atom is -0.395 e. The van der Waals surface area contributed by atoms with Crippen molar-refractivity contribution in [3.05, 3.63) is 52.4 Å². The fraction of sp³-hybridized carbons (Fsp3) is 0.304. The van der Waals surface area contributed by atoms with Crippen LogP contribution >= 0.6 is 15.9 Å². The van der Waals surface area contributed by atoms with Crippen molar-refractivity contribution in [1.82, 2.24) is 24.9 Å². The lowest BCUT2D eigenvalue weighted by molar-refractivity contribution is -0.135. The number of aromatic nitrogens is 4. The van der Waals surface area contributed by atoms with Gasteiger partial charge in [0.25, 0.3) is 0 Å². The molecule has 0 aliphatic carbocycles. The summed E-state index contributed by atoms with van der Waals surface area (Å²) in [6, 6.07) is 7.54. The smallest absolute Gasteiger partial charge is 0.231 e. The molecule has 0 spiro atoms. The van der Waals surface area contributed by atoms with Crippen molar-refractivity contribution in [2.24, 2.45) is 5.41 Å². The molecule has 0 radical (unpaired) electrons. The third-order valence-corrected chi connectivity index (χ3v) is 6.61. The average Bonchev–Trinajstić information content (AvgIpc) is 3.24. The van der Waals surface area contributed by atoms with Gasteiger partial charge < -0.3 is 21.3 Å². The summed E-state index contributed by atoms with van der Waals surface area (Å²) in [5.74, 6) is -0.158. The molecule has 1 atom stereocenters. The summed E-state index contributed by atoms with van der Waals surface area (Å²) in [6.45, 7) is 4.30. The van der Waals surface area contributed by atoms with Crippen LogP contribution in [0.4, 0.5) is 5.82 Å². The molecule has 10 heteroatoms. The monoisotopic (exact) mass is 512 g/mol. The Hall–Kier alpha value is -3.08. The Balaban J connectivity index is 1.79. The maximum Gasteiger partial charge on any atom is 0.231 e. The van der Waals surface area contributed by atoms with Gasteiger partial charge in [-0.15, -0.1) is 0 Å². The van der Waals surface area contributed by atoms with Crippen molar-refractivity contribution in [2.45, 2.75) is 26.8 Å². The lowest BCUT2D eigenvalue weighted by atomic mass is 9.91. The number of hydrogen-bond acceptors (Lipinski definition) is 7. The normalized spacial score (nSPS) is 12.9. The van der Waals surface area contributed by atoms with Gasteiger partial charge >= 0.3 is 0 Å². The summed E-state index contributed by atoms with van der Waals surface area (Å²) in [6.07, 6.45) is 3.46. The zero-order valence-corrected chi connectivity index (χ0v) is 20.1. The second-order valence-electron chi connectivity index (χ2n) is 8.48. The Bertz CT molecular complexity index is 1370. The van der Waals surface area contributed by atoms with E-state index in [4.69, 9.17) is 10.7 Å². The Labute approximate surface area is 198 Å². The average molecular weight is 513 g/mol. The highest BCUT2D eigenvalue weighted by Gasteiger charge is 2.33. The van der Waals surface area contributed by atoms with Crippen LogP contribution in [0.5, 0.6) is 0 Å². The fourth-order valence-electron chi connectivity index (χ4n) is 3.53. The van der Waals surface area contributed by atoms with Gasteiger partial charge in [-0.1, -0.05) is 11.6 Å². The summed E-state index contributed by atoms with van der Waals surface area (Å²) < 4.78 is 2.03. The third kappa shape index (κ3) is 4.05. The van der Waals surface area contributed by atoms with Gasteiger partial charge in [-0.3, -0.25) is 9.78 Å². The second kappa shape index (κ2) is 8.69. The van der Waals surface area contributed by atoms with Crippen molar-refractivity contribution < 1.29 is 15.0 Å². The molecular formula is C23H25BrN6O3. The fourth-order valence-corrected chi connectivity index (χ4v) is 4.13. The van der Waals surface area contributed by atoms with E-state index in [1.165, 1.54) is 11.4 Å². The summed E-state index contributed by atoms with van der Waals surface area (Å²) in [4.78, 5) is 22.0. The highest BCUT2D eigenvalue weighted by atomic mass is 79.9. The Morgan fingerprint density at radius 3 is 2.70 bits per heavy atom. The molecule has 0 aliphatic heterocycles. The molecule has 0 fully saturated rings. The number of pyridine rings is 1. The number of aryl methyl sites for hydroxylation is 1. The lowest BCUT2D eigenvalue weighted by Crippen LogP contribution is -2.45. The highest BCUT2D eigenvalue weighted by molar-refractivity contribution is 9.10. The molecule has 4 aromatic rings. The predicted octanol–water partition coefficient (Wildman–Crippen LogP) is 2.77. The number of nitrogens with zero attached hydrogens (tertiary/aromatic N) is 4. The van der Waals surface area contributed by atoms with E-state index in [0.717, 1.165) is 27.6 Å². The number of hydrogen-bond donors (Lipinski definition) is 4. The van der Waals surface area contributed by atoms with E-state index in [-0.39, 0.29) is 0 Å². The van der Waals surface area contributed by atoms with E-state index in [2.05, 4.69) is 37.4 Å². The third-order valence-electron chi connectivity index (χ3n) is 5.80. The number of carbonyl (C=O) groups is 1. The topological polar surface area (TPSA) is 139 Å². The largest absolute Gasteiger partial charge is 0.395 e. The van der Waals surface area contributed by atoms with E-state index >= 15 is 0 Å². The summed E-state index contributed by atoms with van der Waals surface area (Å²) in [7, 11) is 0. The minimum atomic E-state index is -1.31. The van der Waals surface area contributed by atoms with Gasteiger partial charge in [0.05, 0.1) is 46.6 Å². The van der Waals surface area contributed by atoms with Crippen LogP contribution in [0.3, 0.4) is 0 Å². The molecular weight excluding hydrogens is 488 g/mol. The Morgan fingerprint density at radius 1 is 1.27 bits per heavy atom. The number of carbonyl (C=O) groups excluding carboxylic acids is 1. The number of benzene rings is 1. The molecule has 0 saturated heterocycles. The van der Waals surface area contributed by atoms with Crippen molar-refractivity contribution in [3.8, 4) is 11.1 Å². The van der Waals surface area contributed by atoms with Crippen molar-refractivity contribution in [3.63, 3.8) is 0 Å². The number of nitrogens with two attached hydrogens (primary N) is 1. The maximum absolute atomic E-state index is 12.6. The highest BCUT2D eigenvalue weighted by Crippen LogP contribution is 2.33. The molecule has 0 bridgehead atoms. The number of amides is 1. The number of halogens is 1. The van der Waals surface area contributed by atoms with Crippen LogP contribution in [0.1, 0.15) is 31.1 Å². The number of nitrogens with one attached hydrogen (secondary N) is 1. The lowest BCUT2D eigenvalue weighted by Gasteiger charge is -2.26. The van der Waals surface area contributed by atoms with Crippen molar-refractivity contribution >= 4 is 44.2 Å². The quantitative estimate of drug-likeness (QED) is 0.311. The minimum absolute atomic E-state index is 0.332. The van der Waals surface area contributed by atoms with E-state index in [1.54, 1.807) is 19.3 Å². The molecule has 0 aliphatic rings. The zero-order chi connectivity index (χ0) is 23.9. The first kappa shape index (κ1) is 23.1. The van der Waals surface area contributed by atoms with Gasteiger partial charge in [0.2, 0.25) is 5.91 Å². The summed E-state index contributed by atoms with van der Waals surface area (Å²) in [5.41, 5.74) is 9.66. The zero-order valence-electron chi connectivity index (χ0n) is 18.5. The molecule has 5 N–H and O–H groups in total. The standard InChI is InChI=1S/C23H25BrN6O3/c1-12-4-5-17-14(6-12)7-15(8-26-17)16-9-27-30-20(25)18(24)19(29-21(16)30)13(2)28-22(33)23(3,10-31)11-32/h4-9,13,31-32H,10-11,25H2,1-3H3,(H,28,33).